The third kappa shape index (κ3) is 2.27. The molecule has 0 atom stereocenters. The Balaban J connectivity index is 2.24. The van der Waals surface area contributed by atoms with Gasteiger partial charge in [-0.05, 0) is 25.0 Å². The number of nitrogens with one attached hydrogen (secondary N) is 1. The predicted molar refractivity (Wildman–Crippen MR) is 59.3 cm³/mol. The highest BCUT2D eigenvalue weighted by molar-refractivity contribution is 6.01. The van der Waals surface area contributed by atoms with E-state index in [0.717, 1.165) is 25.3 Å². The Bertz CT molecular complexity index is 469. The zero-order valence-corrected chi connectivity index (χ0v) is 9.07. The summed E-state index contributed by atoms with van der Waals surface area (Å²) in [5.74, 6) is -2.40. The molecule has 0 saturated heterocycles. The molecule has 0 radical (unpaired) electrons. The van der Waals surface area contributed by atoms with Crippen molar-refractivity contribution in [2.75, 3.05) is 5.32 Å². The third-order valence-electron chi connectivity index (χ3n) is 2.97. The summed E-state index contributed by atoms with van der Waals surface area (Å²) in [6, 6.07) is 3.70. The van der Waals surface area contributed by atoms with Crippen LogP contribution in [0.3, 0.4) is 0 Å². The summed E-state index contributed by atoms with van der Waals surface area (Å²) in [4.78, 5) is 22.5. The molecule has 2 rings (SSSR count). The predicted octanol–water partition coefficient (Wildman–Crippen LogP) is 2.26. The minimum absolute atomic E-state index is 0.115. The molecule has 1 saturated carbocycles. The van der Waals surface area contributed by atoms with Crippen LogP contribution >= 0.6 is 0 Å². The lowest BCUT2D eigenvalue weighted by atomic mass is 9.85. The summed E-state index contributed by atoms with van der Waals surface area (Å²) in [5, 5.41) is 11.3. The number of rotatable bonds is 3. The maximum absolute atomic E-state index is 13.5. The van der Waals surface area contributed by atoms with Crippen molar-refractivity contribution in [1.82, 2.24) is 0 Å². The minimum Gasteiger partial charge on any atom is -0.478 e. The van der Waals surface area contributed by atoms with Gasteiger partial charge in [0.15, 0.2) is 0 Å². The molecule has 0 aromatic heterocycles. The first-order valence-corrected chi connectivity index (χ1v) is 5.42. The van der Waals surface area contributed by atoms with Gasteiger partial charge in [0.2, 0.25) is 5.91 Å². The van der Waals surface area contributed by atoms with Crippen molar-refractivity contribution in [1.29, 1.82) is 0 Å². The van der Waals surface area contributed by atoms with Gasteiger partial charge in [-0.25, -0.2) is 9.18 Å². The van der Waals surface area contributed by atoms with Crippen molar-refractivity contribution in [2.24, 2.45) is 5.92 Å². The van der Waals surface area contributed by atoms with Gasteiger partial charge in [-0.1, -0.05) is 12.5 Å². The van der Waals surface area contributed by atoms with E-state index in [1.807, 2.05) is 0 Å². The Morgan fingerprint density at radius 1 is 1.35 bits per heavy atom. The van der Waals surface area contributed by atoms with Crippen LogP contribution in [0.4, 0.5) is 10.1 Å². The normalized spacial score (nSPS) is 15.1. The minimum atomic E-state index is -1.26. The molecule has 90 valence electrons. The van der Waals surface area contributed by atoms with Crippen molar-refractivity contribution in [3.8, 4) is 0 Å². The maximum atomic E-state index is 13.5. The van der Waals surface area contributed by atoms with E-state index in [4.69, 9.17) is 5.11 Å². The van der Waals surface area contributed by atoms with E-state index in [9.17, 15) is 14.0 Å². The molecule has 0 aliphatic heterocycles. The summed E-state index contributed by atoms with van der Waals surface area (Å²) in [6.45, 7) is 0. The molecule has 1 aliphatic rings. The molecule has 1 amide bonds. The van der Waals surface area contributed by atoms with E-state index in [-0.39, 0.29) is 23.1 Å². The first-order chi connectivity index (χ1) is 8.09. The molecule has 1 aliphatic carbocycles. The fourth-order valence-corrected chi connectivity index (χ4v) is 1.73. The van der Waals surface area contributed by atoms with Gasteiger partial charge in [0.25, 0.3) is 0 Å². The highest BCUT2D eigenvalue weighted by atomic mass is 19.1. The van der Waals surface area contributed by atoms with Crippen molar-refractivity contribution < 1.29 is 19.1 Å². The molecule has 0 heterocycles. The van der Waals surface area contributed by atoms with Gasteiger partial charge in [0, 0.05) is 5.92 Å². The number of anilines is 1. The van der Waals surface area contributed by atoms with Crippen molar-refractivity contribution in [2.45, 2.75) is 19.3 Å². The number of para-hydroxylation sites is 1. The number of carboxylic acid groups (broad SMARTS) is 1. The van der Waals surface area contributed by atoms with Gasteiger partial charge < -0.3 is 10.4 Å². The number of amides is 1. The van der Waals surface area contributed by atoms with Crippen LogP contribution in [0.5, 0.6) is 0 Å². The van der Waals surface area contributed by atoms with E-state index in [1.165, 1.54) is 12.1 Å². The van der Waals surface area contributed by atoms with Crippen LogP contribution in [0.1, 0.15) is 29.6 Å². The molecule has 1 fully saturated rings. The van der Waals surface area contributed by atoms with E-state index in [1.54, 1.807) is 0 Å². The van der Waals surface area contributed by atoms with Crippen molar-refractivity contribution in [3.63, 3.8) is 0 Å². The number of carboxylic acids is 1. The number of benzene rings is 1. The summed E-state index contributed by atoms with van der Waals surface area (Å²) >= 11 is 0. The quantitative estimate of drug-likeness (QED) is 0.847. The third-order valence-corrected chi connectivity index (χ3v) is 2.97. The topological polar surface area (TPSA) is 66.4 Å². The maximum Gasteiger partial charge on any atom is 0.337 e. The number of hydrogen-bond acceptors (Lipinski definition) is 2. The van der Waals surface area contributed by atoms with Gasteiger partial charge >= 0.3 is 5.97 Å². The van der Waals surface area contributed by atoms with E-state index in [0.29, 0.717) is 0 Å². The Hall–Kier alpha value is -1.91. The van der Waals surface area contributed by atoms with E-state index < -0.39 is 11.8 Å². The number of carbonyl (C=O) groups excluding carboxylic acids is 1. The zero-order chi connectivity index (χ0) is 12.4. The smallest absolute Gasteiger partial charge is 0.337 e. The number of carbonyl (C=O) groups is 2. The van der Waals surface area contributed by atoms with Crippen LogP contribution in [-0.4, -0.2) is 17.0 Å². The van der Waals surface area contributed by atoms with Crippen LogP contribution < -0.4 is 5.32 Å². The molecule has 17 heavy (non-hydrogen) atoms. The van der Waals surface area contributed by atoms with E-state index in [2.05, 4.69) is 5.32 Å². The number of aromatic carboxylic acids is 1. The lowest BCUT2D eigenvalue weighted by Crippen LogP contribution is -2.29. The first-order valence-electron chi connectivity index (χ1n) is 5.42. The highest BCUT2D eigenvalue weighted by Crippen LogP contribution is 2.29. The van der Waals surface area contributed by atoms with Crippen LogP contribution in [0, 0.1) is 11.7 Å². The average molecular weight is 237 g/mol. The Kier molecular flexibility index (Phi) is 3.08. The second kappa shape index (κ2) is 4.53. The number of hydrogen-bond donors (Lipinski definition) is 2. The Morgan fingerprint density at radius 3 is 2.59 bits per heavy atom. The summed E-state index contributed by atoms with van der Waals surface area (Å²) < 4.78 is 13.5. The molecule has 1 aromatic carbocycles. The highest BCUT2D eigenvalue weighted by Gasteiger charge is 2.27. The molecule has 0 bridgehead atoms. The molecular weight excluding hydrogens is 225 g/mol. The molecule has 0 spiro atoms. The second-order valence-corrected chi connectivity index (χ2v) is 4.08. The van der Waals surface area contributed by atoms with Crippen LogP contribution in [0.25, 0.3) is 0 Å². The van der Waals surface area contributed by atoms with Crippen molar-refractivity contribution in [3.05, 3.63) is 29.6 Å². The fraction of sp³-hybridized carbons (Fsp3) is 0.333. The van der Waals surface area contributed by atoms with Crippen LogP contribution in [0.2, 0.25) is 0 Å². The van der Waals surface area contributed by atoms with Gasteiger partial charge in [-0.2, -0.15) is 0 Å². The van der Waals surface area contributed by atoms with Crippen LogP contribution in [-0.2, 0) is 4.79 Å². The van der Waals surface area contributed by atoms with E-state index >= 15 is 0 Å². The summed E-state index contributed by atoms with van der Waals surface area (Å²) in [6.07, 6.45) is 2.55. The lowest BCUT2D eigenvalue weighted by Gasteiger charge is -2.24. The molecule has 2 N–H and O–H groups in total. The molecule has 0 unspecified atom stereocenters. The van der Waals surface area contributed by atoms with Crippen molar-refractivity contribution >= 4 is 17.6 Å². The lowest BCUT2D eigenvalue weighted by molar-refractivity contribution is -0.122. The SMILES string of the molecule is O=C(O)c1cccc(F)c1NC(=O)C1CCC1. The Morgan fingerprint density at radius 2 is 2.06 bits per heavy atom. The molecular formula is C12H12FNO3. The largest absolute Gasteiger partial charge is 0.478 e. The Labute approximate surface area is 97.4 Å². The van der Waals surface area contributed by atoms with Gasteiger partial charge in [0.05, 0.1) is 11.3 Å². The number of halogens is 1. The monoisotopic (exact) mass is 237 g/mol. The summed E-state index contributed by atoms with van der Waals surface area (Å²) in [5.41, 5.74) is -0.463. The standard InChI is InChI=1S/C12H12FNO3/c13-9-6-2-5-8(12(16)17)10(9)14-11(15)7-3-1-4-7/h2,5-7H,1,3-4H2,(H,14,15)(H,16,17). The van der Waals surface area contributed by atoms with Gasteiger partial charge in [-0.15, -0.1) is 0 Å². The van der Waals surface area contributed by atoms with Gasteiger partial charge in [0.1, 0.15) is 5.82 Å². The first kappa shape index (κ1) is 11.6. The zero-order valence-electron chi connectivity index (χ0n) is 9.07. The molecule has 1 aromatic rings. The van der Waals surface area contributed by atoms with Crippen LogP contribution in [0.15, 0.2) is 18.2 Å². The summed E-state index contributed by atoms with van der Waals surface area (Å²) in [7, 11) is 0. The fourth-order valence-electron chi connectivity index (χ4n) is 1.73. The molecule has 4 nitrogen and oxygen atoms in total. The van der Waals surface area contributed by atoms with Gasteiger partial charge in [-0.3, -0.25) is 4.79 Å². The molecule has 5 heteroatoms. The second-order valence-electron chi connectivity index (χ2n) is 4.08. The average Bonchev–Trinajstić information content (AvgIpc) is 2.17.